The predicted octanol–water partition coefficient (Wildman–Crippen LogP) is 4.92. The maximum Gasteiger partial charge on any atom is 0.337 e. The van der Waals surface area contributed by atoms with Crippen LogP contribution < -0.4 is 5.32 Å². The Morgan fingerprint density at radius 3 is 2.65 bits per heavy atom. The lowest BCUT2D eigenvalue weighted by Crippen LogP contribution is -2.06. The number of carbonyl (C=O) groups is 1. The number of methoxy groups -OCH3 is 1. The second-order valence-corrected chi connectivity index (χ2v) is 5.55. The lowest BCUT2D eigenvalue weighted by atomic mass is 10.1. The molecule has 2 aromatic carbocycles. The maximum absolute atomic E-state index is 13.7. The maximum atomic E-state index is 13.7. The molecule has 23 heavy (non-hydrogen) atoms. The number of ether oxygens (including phenoxy) is 1. The standard InChI is InChI=1S/C16H13BrF3NO2/c1-23-16(22)10-2-4-12(17)14(7-10)21-8-11-6-9(15(19)20)3-5-13(11)18/h2-7,15,21H,8H2,1H3. The first-order chi connectivity index (χ1) is 10.9. The van der Waals surface area contributed by atoms with Gasteiger partial charge in [-0.3, -0.25) is 0 Å². The van der Waals surface area contributed by atoms with Crippen LogP contribution in [0.1, 0.15) is 27.9 Å². The molecule has 0 radical (unpaired) electrons. The van der Waals surface area contributed by atoms with Crippen LogP contribution in [-0.2, 0) is 11.3 Å². The van der Waals surface area contributed by atoms with E-state index in [-0.39, 0.29) is 17.7 Å². The van der Waals surface area contributed by atoms with E-state index in [1.165, 1.54) is 13.2 Å². The third-order valence-corrected chi connectivity index (χ3v) is 3.87. The molecule has 0 unspecified atom stereocenters. The van der Waals surface area contributed by atoms with Gasteiger partial charge in [0, 0.05) is 27.8 Å². The Kier molecular flexibility index (Phi) is 5.65. The Hall–Kier alpha value is -2.02. The number of benzene rings is 2. The summed E-state index contributed by atoms with van der Waals surface area (Å²) in [4.78, 5) is 11.5. The molecular formula is C16H13BrF3NO2. The van der Waals surface area contributed by atoms with E-state index in [1.54, 1.807) is 12.1 Å². The summed E-state index contributed by atoms with van der Waals surface area (Å²) in [5.74, 6) is -1.09. The molecule has 3 nitrogen and oxygen atoms in total. The second-order valence-electron chi connectivity index (χ2n) is 4.69. The van der Waals surface area contributed by atoms with Gasteiger partial charge in [0.15, 0.2) is 0 Å². The highest BCUT2D eigenvalue weighted by Crippen LogP contribution is 2.26. The zero-order valence-corrected chi connectivity index (χ0v) is 13.7. The molecule has 1 N–H and O–H groups in total. The summed E-state index contributed by atoms with van der Waals surface area (Å²) >= 11 is 3.30. The van der Waals surface area contributed by atoms with Crippen molar-refractivity contribution >= 4 is 27.6 Å². The van der Waals surface area contributed by atoms with Gasteiger partial charge in [0.2, 0.25) is 0 Å². The highest BCUT2D eigenvalue weighted by atomic mass is 79.9. The molecule has 122 valence electrons. The number of alkyl halides is 2. The molecule has 0 bridgehead atoms. The Balaban J connectivity index is 2.21. The highest BCUT2D eigenvalue weighted by Gasteiger charge is 2.12. The number of anilines is 1. The molecule has 0 aliphatic heterocycles. The summed E-state index contributed by atoms with van der Waals surface area (Å²) in [6, 6.07) is 7.92. The quantitative estimate of drug-likeness (QED) is 0.739. The fraction of sp³-hybridized carbons (Fsp3) is 0.188. The highest BCUT2D eigenvalue weighted by molar-refractivity contribution is 9.10. The van der Waals surface area contributed by atoms with Crippen molar-refractivity contribution in [2.24, 2.45) is 0 Å². The van der Waals surface area contributed by atoms with E-state index in [2.05, 4.69) is 26.0 Å². The van der Waals surface area contributed by atoms with Crippen LogP contribution in [0.15, 0.2) is 40.9 Å². The van der Waals surface area contributed by atoms with Gasteiger partial charge < -0.3 is 10.1 Å². The smallest absolute Gasteiger partial charge is 0.337 e. The Morgan fingerprint density at radius 2 is 2.00 bits per heavy atom. The van der Waals surface area contributed by atoms with E-state index in [0.29, 0.717) is 15.7 Å². The number of nitrogens with one attached hydrogen (secondary N) is 1. The molecule has 0 aromatic heterocycles. The fourth-order valence-corrected chi connectivity index (χ4v) is 2.35. The average molecular weight is 388 g/mol. The Bertz CT molecular complexity index is 722. The zero-order chi connectivity index (χ0) is 17.0. The minimum atomic E-state index is -2.66. The molecule has 0 spiro atoms. The predicted molar refractivity (Wildman–Crippen MR) is 84.2 cm³/mol. The van der Waals surface area contributed by atoms with Crippen molar-refractivity contribution in [1.29, 1.82) is 0 Å². The van der Waals surface area contributed by atoms with Gasteiger partial charge in [-0.25, -0.2) is 18.0 Å². The van der Waals surface area contributed by atoms with Crippen molar-refractivity contribution in [3.05, 3.63) is 63.4 Å². The second kappa shape index (κ2) is 7.50. The minimum Gasteiger partial charge on any atom is -0.465 e. The third kappa shape index (κ3) is 4.25. The number of hydrogen-bond donors (Lipinski definition) is 1. The van der Waals surface area contributed by atoms with Crippen molar-refractivity contribution in [1.82, 2.24) is 0 Å². The Labute approximate surface area is 139 Å². The van der Waals surface area contributed by atoms with E-state index in [1.807, 2.05) is 0 Å². The summed E-state index contributed by atoms with van der Waals surface area (Å²) in [7, 11) is 1.27. The van der Waals surface area contributed by atoms with Crippen LogP contribution in [0, 0.1) is 5.82 Å². The van der Waals surface area contributed by atoms with Crippen LogP contribution in [-0.4, -0.2) is 13.1 Å². The van der Waals surface area contributed by atoms with Crippen LogP contribution >= 0.6 is 15.9 Å². The van der Waals surface area contributed by atoms with Crippen molar-refractivity contribution in [3.63, 3.8) is 0 Å². The summed E-state index contributed by atoms with van der Waals surface area (Å²) in [5.41, 5.74) is 0.707. The van der Waals surface area contributed by atoms with Gasteiger partial charge in [-0.15, -0.1) is 0 Å². The molecular weight excluding hydrogens is 375 g/mol. The lowest BCUT2D eigenvalue weighted by molar-refractivity contribution is 0.0600. The summed E-state index contributed by atoms with van der Waals surface area (Å²) < 4.78 is 44.4. The van der Waals surface area contributed by atoms with Gasteiger partial charge in [0.05, 0.1) is 12.7 Å². The topological polar surface area (TPSA) is 38.3 Å². The van der Waals surface area contributed by atoms with E-state index in [4.69, 9.17) is 0 Å². The monoisotopic (exact) mass is 387 g/mol. The van der Waals surface area contributed by atoms with Crippen LogP contribution in [0.25, 0.3) is 0 Å². The van der Waals surface area contributed by atoms with Crippen LogP contribution in [0.5, 0.6) is 0 Å². The first-order valence-corrected chi connectivity index (χ1v) is 7.40. The molecule has 0 saturated carbocycles. The van der Waals surface area contributed by atoms with Crippen LogP contribution in [0.2, 0.25) is 0 Å². The molecule has 7 heteroatoms. The number of halogens is 4. The van der Waals surface area contributed by atoms with E-state index < -0.39 is 18.2 Å². The van der Waals surface area contributed by atoms with Gasteiger partial charge >= 0.3 is 5.97 Å². The fourth-order valence-electron chi connectivity index (χ4n) is 1.96. The largest absolute Gasteiger partial charge is 0.465 e. The first-order valence-electron chi connectivity index (χ1n) is 6.60. The first kappa shape index (κ1) is 17.3. The number of rotatable bonds is 5. The number of hydrogen-bond acceptors (Lipinski definition) is 3. The van der Waals surface area contributed by atoms with Crippen molar-refractivity contribution in [2.75, 3.05) is 12.4 Å². The van der Waals surface area contributed by atoms with E-state index >= 15 is 0 Å². The lowest BCUT2D eigenvalue weighted by Gasteiger charge is -2.12. The van der Waals surface area contributed by atoms with Crippen LogP contribution in [0.4, 0.5) is 18.9 Å². The normalized spacial score (nSPS) is 10.7. The molecule has 0 atom stereocenters. The molecule has 2 aromatic rings. The minimum absolute atomic E-state index is 0.00435. The Morgan fingerprint density at radius 1 is 1.26 bits per heavy atom. The summed E-state index contributed by atoms with van der Waals surface area (Å²) in [5, 5.41) is 2.92. The molecule has 0 saturated heterocycles. The van der Waals surface area contributed by atoms with Crippen molar-refractivity contribution in [2.45, 2.75) is 13.0 Å². The van der Waals surface area contributed by atoms with E-state index in [0.717, 1.165) is 18.2 Å². The SMILES string of the molecule is COC(=O)c1ccc(Br)c(NCc2cc(C(F)F)ccc2F)c1. The van der Waals surface area contributed by atoms with Crippen LogP contribution in [0.3, 0.4) is 0 Å². The van der Waals surface area contributed by atoms with E-state index in [9.17, 15) is 18.0 Å². The number of esters is 1. The zero-order valence-electron chi connectivity index (χ0n) is 12.1. The van der Waals surface area contributed by atoms with Crippen molar-refractivity contribution in [3.8, 4) is 0 Å². The van der Waals surface area contributed by atoms with Gasteiger partial charge in [0.25, 0.3) is 6.43 Å². The van der Waals surface area contributed by atoms with Gasteiger partial charge in [-0.2, -0.15) is 0 Å². The van der Waals surface area contributed by atoms with Gasteiger partial charge in [-0.1, -0.05) is 6.07 Å². The average Bonchev–Trinajstić information content (AvgIpc) is 2.54. The molecule has 0 amide bonds. The summed E-state index contributed by atoms with van der Waals surface area (Å²) in [6.07, 6.45) is -2.66. The van der Waals surface area contributed by atoms with Crippen molar-refractivity contribution < 1.29 is 22.7 Å². The molecule has 2 rings (SSSR count). The summed E-state index contributed by atoms with van der Waals surface area (Å²) in [6.45, 7) is -0.00435. The van der Waals surface area contributed by atoms with Gasteiger partial charge in [-0.05, 0) is 46.3 Å². The molecule has 0 aliphatic rings. The molecule has 0 heterocycles. The number of carbonyl (C=O) groups excluding carboxylic acids is 1. The van der Waals surface area contributed by atoms with Gasteiger partial charge in [0.1, 0.15) is 5.82 Å². The molecule has 0 fully saturated rings. The third-order valence-electron chi connectivity index (χ3n) is 3.18. The molecule has 0 aliphatic carbocycles.